The van der Waals surface area contributed by atoms with Crippen LogP contribution in [0.1, 0.15) is 23.7 Å². The summed E-state index contributed by atoms with van der Waals surface area (Å²) in [6.45, 7) is 2.61. The van der Waals surface area contributed by atoms with Gasteiger partial charge in [0.25, 0.3) is 0 Å². The minimum atomic E-state index is -0.399. The molecule has 3 atom stereocenters. The SMILES string of the molecule is CCOC1CC(Nc2cc(Cl)ccc2C(=O)OC)C1OC. The third kappa shape index (κ3) is 3.48. The van der Waals surface area contributed by atoms with E-state index >= 15 is 0 Å². The smallest absolute Gasteiger partial charge is 0.339 e. The Labute approximate surface area is 129 Å². The van der Waals surface area contributed by atoms with E-state index in [1.807, 2.05) is 6.92 Å². The van der Waals surface area contributed by atoms with Crippen LogP contribution in [0.4, 0.5) is 5.69 Å². The molecule has 1 aromatic rings. The van der Waals surface area contributed by atoms with Crippen LogP contribution in [0.25, 0.3) is 0 Å². The van der Waals surface area contributed by atoms with Gasteiger partial charge in [-0.15, -0.1) is 0 Å². The molecule has 0 aliphatic heterocycles. The fourth-order valence-corrected chi connectivity index (χ4v) is 2.71. The normalized spacial score (nSPS) is 24.3. The number of methoxy groups -OCH3 is 2. The third-order valence-corrected chi connectivity index (χ3v) is 3.87. The molecule has 0 amide bonds. The summed E-state index contributed by atoms with van der Waals surface area (Å²) in [5.74, 6) is -0.399. The van der Waals surface area contributed by atoms with E-state index in [0.29, 0.717) is 22.9 Å². The number of esters is 1. The van der Waals surface area contributed by atoms with E-state index < -0.39 is 5.97 Å². The molecule has 21 heavy (non-hydrogen) atoms. The third-order valence-electron chi connectivity index (χ3n) is 3.63. The lowest BCUT2D eigenvalue weighted by molar-refractivity contribution is -0.118. The zero-order chi connectivity index (χ0) is 15.4. The summed E-state index contributed by atoms with van der Waals surface area (Å²) in [4.78, 5) is 11.8. The molecule has 1 N–H and O–H groups in total. The topological polar surface area (TPSA) is 56.8 Å². The van der Waals surface area contributed by atoms with Gasteiger partial charge in [-0.1, -0.05) is 11.6 Å². The quantitative estimate of drug-likeness (QED) is 0.818. The Balaban J connectivity index is 2.12. The lowest BCUT2D eigenvalue weighted by Crippen LogP contribution is -2.57. The van der Waals surface area contributed by atoms with Gasteiger partial charge in [0.1, 0.15) is 6.10 Å². The second-order valence-corrected chi connectivity index (χ2v) is 5.30. The lowest BCUT2D eigenvalue weighted by Gasteiger charge is -2.44. The summed E-state index contributed by atoms with van der Waals surface area (Å²) in [5, 5.41) is 3.86. The van der Waals surface area contributed by atoms with E-state index in [4.69, 9.17) is 25.8 Å². The van der Waals surface area contributed by atoms with Crippen molar-refractivity contribution in [2.45, 2.75) is 31.6 Å². The molecule has 3 unspecified atom stereocenters. The van der Waals surface area contributed by atoms with Gasteiger partial charge in [0.2, 0.25) is 0 Å². The minimum Gasteiger partial charge on any atom is -0.465 e. The highest BCUT2D eigenvalue weighted by atomic mass is 35.5. The van der Waals surface area contributed by atoms with Crippen molar-refractivity contribution in [3.8, 4) is 0 Å². The Morgan fingerprint density at radius 1 is 1.43 bits per heavy atom. The van der Waals surface area contributed by atoms with Gasteiger partial charge in [0, 0.05) is 18.7 Å². The highest BCUT2D eigenvalue weighted by Crippen LogP contribution is 2.32. The second-order valence-electron chi connectivity index (χ2n) is 4.86. The number of halogens is 1. The molecule has 0 heterocycles. The maximum absolute atomic E-state index is 11.8. The van der Waals surface area contributed by atoms with E-state index in [9.17, 15) is 4.79 Å². The molecule has 0 spiro atoms. The maximum atomic E-state index is 11.8. The number of carbonyl (C=O) groups is 1. The first kappa shape index (κ1) is 16.1. The molecule has 0 aromatic heterocycles. The number of benzene rings is 1. The summed E-state index contributed by atoms with van der Waals surface area (Å²) in [7, 11) is 3.01. The second kappa shape index (κ2) is 7.11. The summed E-state index contributed by atoms with van der Waals surface area (Å²) in [6.07, 6.45) is 0.854. The Bertz CT molecular complexity index is 508. The van der Waals surface area contributed by atoms with E-state index in [2.05, 4.69) is 5.32 Å². The molecule has 1 fully saturated rings. The number of anilines is 1. The molecule has 0 bridgehead atoms. The van der Waals surface area contributed by atoms with Crippen molar-refractivity contribution in [2.75, 3.05) is 26.1 Å². The number of rotatable bonds is 6. The number of ether oxygens (including phenoxy) is 3. The van der Waals surface area contributed by atoms with Crippen LogP contribution in [0, 0.1) is 0 Å². The van der Waals surface area contributed by atoms with Gasteiger partial charge in [0.15, 0.2) is 0 Å². The summed E-state index contributed by atoms with van der Waals surface area (Å²) in [6, 6.07) is 5.11. The van der Waals surface area contributed by atoms with Crippen LogP contribution in [0.15, 0.2) is 18.2 Å². The molecular weight excluding hydrogens is 294 g/mol. The van der Waals surface area contributed by atoms with Gasteiger partial charge in [-0.05, 0) is 31.5 Å². The summed E-state index contributed by atoms with van der Waals surface area (Å²) in [5.41, 5.74) is 1.10. The molecule has 1 aliphatic carbocycles. The highest BCUT2D eigenvalue weighted by Gasteiger charge is 2.42. The number of nitrogens with one attached hydrogen (secondary N) is 1. The molecule has 6 heteroatoms. The Morgan fingerprint density at radius 3 is 2.81 bits per heavy atom. The number of hydrogen-bond acceptors (Lipinski definition) is 5. The van der Waals surface area contributed by atoms with E-state index in [-0.39, 0.29) is 18.2 Å². The molecule has 116 valence electrons. The molecule has 1 aromatic carbocycles. The van der Waals surface area contributed by atoms with Crippen molar-refractivity contribution in [3.05, 3.63) is 28.8 Å². The van der Waals surface area contributed by atoms with Crippen LogP contribution in [0.2, 0.25) is 5.02 Å². The first-order valence-corrected chi connectivity index (χ1v) is 7.27. The van der Waals surface area contributed by atoms with Gasteiger partial charge in [-0.3, -0.25) is 0 Å². The maximum Gasteiger partial charge on any atom is 0.339 e. The monoisotopic (exact) mass is 313 g/mol. The molecular formula is C15H20ClNO4. The van der Waals surface area contributed by atoms with Crippen LogP contribution in [0.5, 0.6) is 0 Å². The lowest BCUT2D eigenvalue weighted by atomic mass is 9.84. The Hall–Kier alpha value is -1.30. The van der Waals surface area contributed by atoms with Crippen LogP contribution >= 0.6 is 11.6 Å². The van der Waals surface area contributed by atoms with E-state index in [0.717, 1.165) is 6.42 Å². The first-order chi connectivity index (χ1) is 10.1. The fourth-order valence-electron chi connectivity index (χ4n) is 2.54. The molecule has 5 nitrogen and oxygen atoms in total. The van der Waals surface area contributed by atoms with Crippen molar-refractivity contribution >= 4 is 23.3 Å². The summed E-state index contributed by atoms with van der Waals surface area (Å²) < 4.78 is 15.8. The Morgan fingerprint density at radius 2 is 2.19 bits per heavy atom. The van der Waals surface area contributed by atoms with E-state index in [1.54, 1.807) is 25.3 Å². The molecule has 1 saturated carbocycles. The minimum absolute atomic E-state index is 0.0468. The predicted molar refractivity (Wildman–Crippen MR) is 81.0 cm³/mol. The van der Waals surface area contributed by atoms with Crippen molar-refractivity contribution < 1.29 is 19.0 Å². The van der Waals surface area contributed by atoms with Crippen LogP contribution in [-0.2, 0) is 14.2 Å². The van der Waals surface area contributed by atoms with Crippen molar-refractivity contribution in [3.63, 3.8) is 0 Å². The van der Waals surface area contributed by atoms with Gasteiger partial charge < -0.3 is 19.5 Å². The highest BCUT2D eigenvalue weighted by molar-refractivity contribution is 6.31. The van der Waals surface area contributed by atoms with Gasteiger partial charge >= 0.3 is 5.97 Å². The number of hydrogen-bond donors (Lipinski definition) is 1. The van der Waals surface area contributed by atoms with Gasteiger partial charge in [0.05, 0.1) is 30.5 Å². The number of carbonyl (C=O) groups excluding carboxylic acids is 1. The van der Waals surface area contributed by atoms with Gasteiger partial charge in [-0.25, -0.2) is 4.79 Å². The Kier molecular flexibility index (Phi) is 5.45. The standard InChI is InChI=1S/C15H20ClNO4/c1-4-21-13-8-12(14(13)19-2)17-11-7-9(16)5-6-10(11)15(18)20-3/h5-7,12-14,17H,4,8H2,1-3H3. The van der Waals surface area contributed by atoms with Crippen molar-refractivity contribution in [1.82, 2.24) is 0 Å². The van der Waals surface area contributed by atoms with Crippen LogP contribution in [0.3, 0.4) is 0 Å². The average molecular weight is 314 g/mol. The first-order valence-electron chi connectivity index (χ1n) is 6.89. The van der Waals surface area contributed by atoms with Crippen molar-refractivity contribution in [2.24, 2.45) is 0 Å². The molecule has 0 saturated heterocycles. The van der Waals surface area contributed by atoms with E-state index in [1.165, 1.54) is 7.11 Å². The average Bonchev–Trinajstić information content (AvgIpc) is 2.46. The molecule has 2 rings (SSSR count). The fraction of sp³-hybridized carbons (Fsp3) is 0.533. The van der Waals surface area contributed by atoms with Crippen molar-refractivity contribution in [1.29, 1.82) is 0 Å². The largest absolute Gasteiger partial charge is 0.465 e. The van der Waals surface area contributed by atoms with Crippen LogP contribution in [-0.4, -0.2) is 45.0 Å². The van der Waals surface area contributed by atoms with Gasteiger partial charge in [-0.2, -0.15) is 0 Å². The predicted octanol–water partition coefficient (Wildman–Crippen LogP) is 2.73. The van der Waals surface area contributed by atoms with Crippen LogP contribution < -0.4 is 5.32 Å². The molecule has 0 radical (unpaired) electrons. The molecule has 1 aliphatic rings. The summed E-state index contributed by atoms with van der Waals surface area (Å²) >= 11 is 6.01. The zero-order valence-corrected chi connectivity index (χ0v) is 13.1. The zero-order valence-electron chi connectivity index (χ0n) is 12.4.